The topological polar surface area (TPSA) is 29.3 Å². The van der Waals surface area contributed by atoms with Gasteiger partial charge in [0.2, 0.25) is 0 Å². The highest BCUT2D eigenvalue weighted by Gasteiger charge is 2.11. The van der Waals surface area contributed by atoms with Crippen molar-refractivity contribution in [2.75, 3.05) is 18.0 Å². The summed E-state index contributed by atoms with van der Waals surface area (Å²) in [5, 5.41) is 0.755. The molecule has 0 heterocycles. The van der Waals surface area contributed by atoms with Crippen LogP contribution in [0.3, 0.4) is 0 Å². The SMILES string of the molecule is CCN(c1ccccc1)c1cc(Cl)ccc1CCN. The van der Waals surface area contributed by atoms with Gasteiger partial charge in [0.15, 0.2) is 0 Å². The van der Waals surface area contributed by atoms with Crippen LogP contribution in [0.15, 0.2) is 48.5 Å². The van der Waals surface area contributed by atoms with Gasteiger partial charge >= 0.3 is 0 Å². The lowest BCUT2D eigenvalue weighted by Crippen LogP contribution is -2.18. The van der Waals surface area contributed by atoms with Crippen LogP contribution >= 0.6 is 11.6 Å². The third kappa shape index (κ3) is 3.28. The molecule has 2 aromatic carbocycles. The highest BCUT2D eigenvalue weighted by Crippen LogP contribution is 2.31. The van der Waals surface area contributed by atoms with Gasteiger partial charge in [-0.25, -0.2) is 0 Å². The monoisotopic (exact) mass is 274 g/mol. The van der Waals surface area contributed by atoms with Gasteiger partial charge in [-0.15, -0.1) is 0 Å². The second-order valence-electron chi connectivity index (χ2n) is 4.39. The van der Waals surface area contributed by atoms with Crippen molar-refractivity contribution < 1.29 is 0 Å². The second-order valence-corrected chi connectivity index (χ2v) is 4.83. The standard InChI is InChI=1S/C16H19ClN2/c1-2-19(15-6-4-3-5-7-15)16-12-14(17)9-8-13(16)10-11-18/h3-9,12H,2,10-11,18H2,1H3. The molecular formula is C16H19ClN2. The predicted octanol–water partition coefficient (Wildman–Crippen LogP) is 4.00. The molecule has 0 saturated carbocycles. The number of hydrogen-bond acceptors (Lipinski definition) is 2. The summed E-state index contributed by atoms with van der Waals surface area (Å²) in [6.07, 6.45) is 0.857. The molecule has 2 nitrogen and oxygen atoms in total. The van der Waals surface area contributed by atoms with Crippen LogP contribution in [0.5, 0.6) is 0 Å². The second kappa shape index (κ2) is 6.60. The molecule has 0 spiro atoms. The lowest BCUT2D eigenvalue weighted by molar-refractivity contribution is 0.942. The van der Waals surface area contributed by atoms with E-state index in [1.807, 2.05) is 30.3 Å². The summed E-state index contributed by atoms with van der Waals surface area (Å²) in [5.74, 6) is 0. The van der Waals surface area contributed by atoms with Crippen LogP contribution in [0.1, 0.15) is 12.5 Å². The van der Waals surface area contributed by atoms with Crippen LogP contribution in [0.25, 0.3) is 0 Å². The minimum atomic E-state index is 0.640. The molecule has 0 aliphatic heterocycles. The molecule has 3 heteroatoms. The number of halogens is 1. The molecule has 19 heavy (non-hydrogen) atoms. The summed E-state index contributed by atoms with van der Waals surface area (Å²) in [7, 11) is 0. The number of nitrogens with zero attached hydrogens (tertiary/aromatic N) is 1. The highest BCUT2D eigenvalue weighted by molar-refractivity contribution is 6.30. The Hall–Kier alpha value is -1.51. The molecule has 0 aliphatic rings. The van der Waals surface area contributed by atoms with Crippen molar-refractivity contribution in [3.8, 4) is 0 Å². The average Bonchev–Trinajstić information content (AvgIpc) is 2.44. The zero-order valence-electron chi connectivity index (χ0n) is 11.1. The number of hydrogen-bond donors (Lipinski definition) is 1. The van der Waals surface area contributed by atoms with Gasteiger partial charge in [-0.2, -0.15) is 0 Å². The van der Waals surface area contributed by atoms with Crippen molar-refractivity contribution in [2.24, 2.45) is 5.73 Å². The maximum Gasteiger partial charge on any atom is 0.0458 e. The van der Waals surface area contributed by atoms with Crippen LogP contribution < -0.4 is 10.6 Å². The number of anilines is 2. The lowest BCUT2D eigenvalue weighted by Gasteiger charge is -2.26. The van der Waals surface area contributed by atoms with Crippen molar-refractivity contribution in [1.82, 2.24) is 0 Å². The molecule has 2 rings (SSSR count). The fraction of sp³-hybridized carbons (Fsp3) is 0.250. The molecule has 0 unspecified atom stereocenters. The van der Waals surface area contributed by atoms with Gasteiger partial charge in [-0.05, 0) is 49.7 Å². The fourth-order valence-corrected chi connectivity index (χ4v) is 2.42. The molecule has 0 aromatic heterocycles. The summed E-state index contributed by atoms with van der Waals surface area (Å²) >= 11 is 6.15. The normalized spacial score (nSPS) is 10.5. The van der Waals surface area contributed by atoms with Gasteiger partial charge in [-0.3, -0.25) is 0 Å². The van der Waals surface area contributed by atoms with E-state index in [1.165, 1.54) is 11.3 Å². The first-order valence-corrected chi connectivity index (χ1v) is 6.95. The number of nitrogens with two attached hydrogens (primary N) is 1. The van der Waals surface area contributed by atoms with Crippen molar-refractivity contribution in [3.05, 3.63) is 59.1 Å². The van der Waals surface area contributed by atoms with E-state index in [4.69, 9.17) is 17.3 Å². The number of para-hydroxylation sites is 1. The Morgan fingerprint density at radius 2 is 1.84 bits per heavy atom. The van der Waals surface area contributed by atoms with E-state index in [0.717, 1.165) is 23.7 Å². The molecule has 2 aromatic rings. The molecule has 0 saturated heterocycles. The Labute approximate surface area is 119 Å². The van der Waals surface area contributed by atoms with E-state index in [0.29, 0.717) is 6.54 Å². The van der Waals surface area contributed by atoms with Crippen LogP contribution in [0, 0.1) is 0 Å². The van der Waals surface area contributed by atoms with Gasteiger partial charge in [0.1, 0.15) is 0 Å². The quantitative estimate of drug-likeness (QED) is 0.893. The predicted molar refractivity (Wildman–Crippen MR) is 83.3 cm³/mol. The maximum atomic E-state index is 6.15. The summed E-state index contributed by atoms with van der Waals surface area (Å²) in [6, 6.07) is 16.3. The largest absolute Gasteiger partial charge is 0.342 e. The molecule has 0 radical (unpaired) electrons. The summed E-state index contributed by atoms with van der Waals surface area (Å²) in [6.45, 7) is 3.67. The molecule has 0 fully saturated rings. The average molecular weight is 275 g/mol. The van der Waals surface area contributed by atoms with Crippen LogP contribution in [0.2, 0.25) is 5.02 Å². The highest BCUT2D eigenvalue weighted by atomic mass is 35.5. The van der Waals surface area contributed by atoms with Gasteiger partial charge in [0.05, 0.1) is 0 Å². The Bertz CT molecular complexity index is 526. The molecule has 0 aliphatic carbocycles. The van der Waals surface area contributed by atoms with E-state index < -0.39 is 0 Å². The van der Waals surface area contributed by atoms with E-state index in [-0.39, 0.29) is 0 Å². The molecule has 2 N–H and O–H groups in total. The van der Waals surface area contributed by atoms with Gasteiger partial charge < -0.3 is 10.6 Å². The molecular weight excluding hydrogens is 256 g/mol. The van der Waals surface area contributed by atoms with Crippen LogP contribution in [0.4, 0.5) is 11.4 Å². The first-order valence-electron chi connectivity index (χ1n) is 6.57. The minimum absolute atomic E-state index is 0.640. The Morgan fingerprint density at radius 1 is 1.11 bits per heavy atom. The Balaban J connectivity index is 2.45. The van der Waals surface area contributed by atoms with E-state index >= 15 is 0 Å². The van der Waals surface area contributed by atoms with E-state index in [1.54, 1.807) is 0 Å². The van der Waals surface area contributed by atoms with Crippen molar-refractivity contribution >= 4 is 23.0 Å². The Kier molecular flexibility index (Phi) is 4.83. The fourth-order valence-electron chi connectivity index (χ4n) is 2.26. The van der Waals surface area contributed by atoms with Crippen molar-refractivity contribution in [2.45, 2.75) is 13.3 Å². The van der Waals surface area contributed by atoms with Gasteiger partial charge in [-0.1, -0.05) is 35.9 Å². The summed E-state index contributed by atoms with van der Waals surface area (Å²) in [4.78, 5) is 2.26. The zero-order chi connectivity index (χ0) is 13.7. The lowest BCUT2D eigenvalue weighted by atomic mass is 10.1. The van der Waals surface area contributed by atoms with E-state index in [2.05, 4.69) is 30.0 Å². The Morgan fingerprint density at radius 3 is 2.47 bits per heavy atom. The summed E-state index contributed by atoms with van der Waals surface area (Å²) in [5.41, 5.74) is 9.25. The number of rotatable bonds is 5. The van der Waals surface area contributed by atoms with Crippen LogP contribution in [-0.2, 0) is 6.42 Å². The molecule has 100 valence electrons. The van der Waals surface area contributed by atoms with E-state index in [9.17, 15) is 0 Å². The first kappa shape index (κ1) is 13.9. The molecule has 0 amide bonds. The first-order chi connectivity index (χ1) is 9.26. The molecule has 0 bridgehead atoms. The van der Waals surface area contributed by atoms with Gasteiger partial charge in [0.25, 0.3) is 0 Å². The maximum absolute atomic E-state index is 6.15. The van der Waals surface area contributed by atoms with Gasteiger partial charge in [0, 0.05) is 22.9 Å². The molecule has 0 atom stereocenters. The summed E-state index contributed by atoms with van der Waals surface area (Å²) < 4.78 is 0. The number of benzene rings is 2. The van der Waals surface area contributed by atoms with Crippen molar-refractivity contribution in [3.63, 3.8) is 0 Å². The smallest absolute Gasteiger partial charge is 0.0458 e. The van der Waals surface area contributed by atoms with Crippen LogP contribution in [-0.4, -0.2) is 13.1 Å². The third-order valence-electron chi connectivity index (χ3n) is 3.14. The minimum Gasteiger partial charge on any atom is -0.342 e. The zero-order valence-corrected chi connectivity index (χ0v) is 11.9. The third-order valence-corrected chi connectivity index (χ3v) is 3.37. The van der Waals surface area contributed by atoms with Crippen molar-refractivity contribution in [1.29, 1.82) is 0 Å².